The van der Waals surface area contributed by atoms with E-state index in [2.05, 4.69) is 5.16 Å². The van der Waals surface area contributed by atoms with Crippen LogP contribution >= 0.6 is 11.3 Å². The highest BCUT2D eigenvalue weighted by Crippen LogP contribution is 2.26. The predicted octanol–water partition coefficient (Wildman–Crippen LogP) is 2.11. The van der Waals surface area contributed by atoms with E-state index in [0.29, 0.717) is 12.1 Å². The Morgan fingerprint density at radius 3 is 2.89 bits per heavy atom. The number of amides is 1. The molecule has 6 heteroatoms. The molecule has 0 saturated carbocycles. The molecule has 0 spiro atoms. The van der Waals surface area contributed by atoms with Crippen molar-refractivity contribution in [3.05, 3.63) is 35.2 Å². The van der Waals surface area contributed by atoms with Crippen LogP contribution in [-0.4, -0.2) is 34.9 Å². The van der Waals surface area contributed by atoms with Crippen LogP contribution in [-0.2, 0) is 0 Å². The van der Waals surface area contributed by atoms with Gasteiger partial charge in [-0.2, -0.15) is 0 Å². The molecule has 0 bridgehead atoms. The molecule has 0 atom stereocenters. The number of carbonyl (C=O) groups excluding carboxylic acids is 1. The predicted molar refractivity (Wildman–Crippen MR) is 76.8 cm³/mol. The van der Waals surface area contributed by atoms with Crippen molar-refractivity contribution in [2.24, 2.45) is 10.9 Å². The highest BCUT2D eigenvalue weighted by molar-refractivity contribution is 7.17. The second kappa shape index (κ2) is 5.71. The Hall–Kier alpha value is -2.08. The number of thiophene rings is 1. The Balaban J connectivity index is 2.32. The van der Waals surface area contributed by atoms with Gasteiger partial charge in [0.25, 0.3) is 5.91 Å². The molecule has 0 fully saturated rings. The summed E-state index contributed by atoms with van der Waals surface area (Å²) in [6, 6.07) is 7.76. The van der Waals surface area contributed by atoms with E-state index in [1.165, 1.54) is 11.3 Å². The van der Waals surface area contributed by atoms with E-state index in [-0.39, 0.29) is 18.3 Å². The lowest BCUT2D eigenvalue weighted by Crippen LogP contribution is -2.38. The maximum atomic E-state index is 12.4. The van der Waals surface area contributed by atoms with E-state index in [9.17, 15) is 4.79 Å². The minimum atomic E-state index is -0.105. The number of fused-ring (bicyclic) bond motifs is 1. The van der Waals surface area contributed by atoms with Crippen LogP contribution in [0.3, 0.4) is 0 Å². The molecule has 0 unspecified atom stereocenters. The summed E-state index contributed by atoms with van der Waals surface area (Å²) in [5.74, 6) is -0.0821. The molecule has 3 N–H and O–H groups in total. The fourth-order valence-corrected chi connectivity index (χ4v) is 2.80. The maximum absolute atomic E-state index is 12.4. The van der Waals surface area contributed by atoms with Gasteiger partial charge < -0.3 is 15.8 Å². The average Bonchev–Trinajstić information content (AvgIpc) is 2.87. The Kier molecular flexibility index (Phi) is 4.01. The van der Waals surface area contributed by atoms with Crippen LogP contribution in [0.25, 0.3) is 10.1 Å². The van der Waals surface area contributed by atoms with E-state index in [1.54, 1.807) is 4.90 Å². The number of oxime groups is 1. The van der Waals surface area contributed by atoms with Crippen LogP contribution in [0.1, 0.15) is 17.3 Å². The van der Waals surface area contributed by atoms with Gasteiger partial charge in [-0.3, -0.25) is 4.79 Å². The van der Waals surface area contributed by atoms with Gasteiger partial charge in [0.15, 0.2) is 5.84 Å². The molecule has 2 rings (SSSR count). The van der Waals surface area contributed by atoms with Crippen LogP contribution in [0.15, 0.2) is 34.8 Å². The lowest BCUT2D eigenvalue weighted by molar-refractivity contribution is 0.0788. The van der Waals surface area contributed by atoms with Gasteiger partial charge in [0.1, 0.15) is 0 Å². The van der Waals surface area contributed by atoms with Crippen molar-refractivity contribution in [2.75, 3.05) is 13.1 Å². The van der Waals surface area contributed by atoms with Gasteiger partial charge in [-0.1, -0.05) is 23.4 Å². The molecule has 1 aromatic carbocycles. The number of hydrogen-bond donors (Lipinski definition) is 2. The van der Waals surface area contributed by atoms with Gasteiger partial charge >= 0.3 is 0 Å². The van der Waals surface area contributed by atoms with Gasteiger partial charge in [-0.15, -0.1) is 11.3 Å². The summed E-state index contributed by atoms with van der Waals surface area (Å²) in [5, 5.41) is 14.3. The van der Waals surface area contributed by atoms with Gasteiger partial charge in [-0.05, 0) is 13.0 Å². The first-order valence-corrected chi connectivity index (χ1v) is 6.77. The average molecular weight is 277 g/mol. The second-order valence-electron chi connectivity index (χ2n) is 4.06. The van der Waals surface area contributed by atoms with Gasteiger partial charge in [-0.25, -0.2) is 0 Å². The molecule has 100 valence electrons. The Labute approximate surface area is 114 Å². The lowest BCUT2D eigenvalue weighted by atomic mass is 10.1. The number of benzene rings is 1. The topological polar surface area (TPSA) is 78.9 Å². The van der Waals surface area contributed by atoms with Crippen molar-refractivity contribution in [2.45, 2.75) is 6.92 Å². The number of likely N-dealkylation sites (N-methyl/N-ethyl adjacent to an activating group) is 1. The van der Waals surface area contributed by atoms with Crippen molar-refractivity contribution < 1.29 is 10.0 Å². The second-order valence-corrected chi connectivity index (χ2v) is 4.97. The van der Waals surface area contributed by atoms with Gasteiger partial charge in [0.05, 0.1) is 12.1 Å². The van der Waals surface area contributed by atoms with Crippen LogP contribution < -0.4 is 5.73 Å². The summed E-state index contributed by atoms with van der Waals surface area (Å²) in [7, 11) is 0. The highest BCUT2D eigenvalue weighted by atomic mass is 32.1. The SMILES string of the molecule is CCN(CC(N)=NO)C(=O)c1csc2ccccc12. The number of carbonyl (C=O) groups is 1. The summed E-state index contributed by atoms with van der Waals surface area (Å²) in [6.07, 6.45) is 0. The van der Waals surface area contributed by atoms with E-state index >= 15 is 0 Å². The fourth-order valence-electron chi connectivity index (χ4n) is 1.87. The molecule has 0 aliphatic heterocycles. The Morgan fingerprint density at radius 1 is 1.47 bits per heavy atom. The molecule has 1 heterocycles. The van der Waals surface area contributed by atoms with Gasteiger partial charge in [0.2, 0.25) is 0 Å². The zero-order chi connectivity index (χ0) is 13.8. The molecule has 1 amide bonds. The van der Waals surface area contributed by atoms with Crippen molar-refractivity contribution >= 4 is 33.2 Å². The number of amidine groups is 1. The number of rotatable bonds is 4. The minimum Gasteiger partial charge on any atom is -0.409 e. The molecule has 5 nitrogen and oxygen atoms in total. The quantitative estimate of drug-likeness (QED) is 0.389. The smallest absolute Gasteiger partial charge is 0.255 e. The minimum absolute atomic E-state index is 0.0229. The maximum Gasteiger partial charge on any atom is 0.255 e. The molecule has 1 aromatic heterocycles. The molecule has 0 aliphatic carbocycles. The molecule has 2 aromatic rings. The van der Waals surface area contributed by atoms with Crippen LogP contribution in [0.4, 0.5) is 0 Å². The van der Waals surface area contributed by atoms with Crippen LogP contribution in [0, 0.1) is 0 Å². The standard InChI is InChI=1S/C13H15N3O2S/c1-2-16(7-12(14)15-18)13(17)10-8-19-11-6-4-3-5-9(10)11/h3-6,8,18H,2,7H2,1H3,(H2,14,15). The highest BCUT2D eigenvalue weighted by Gasteiger charge is 2.18. The zero-order valence-corrected chi connectivity index (χ0v) is 11.4. The largest absolute Gasteiger partial charge is 0.409 e. The van der Waals surface area contributed by atoms with Crippen LogP contribution in [0.5, 0.6) is 0 Å². The third-order valence-corrected chi connectivity index (χ3v) is 3.83. The monoisotopic (exact) mass is 277 g/mol. The summed E-state index contributed by atoms with van der Waals surface area (Å²) >= 11 is 1.54. The first kappa shape index (κ1) is 13.4. The van der Waals surface area contributed by atoms with Crippen molar-refractivity contribution in [1.29, 1.82) is 0 Å². The first-order valence-electron chi connectivity index (χ1n) is 5.89. The zero-order valence-electron chi connectivity index (χ0n) is 10.5. The van der Waals surface area contributed by atoms with E-state index in [1.807, 2.05) is 36.6 Å². The van der Waals surface area contributed by atoms with Crippen molar-refractivity contribution in [3.8, 4) is 0 Å². The van der Waals surface area contributed by atoms with E-state index in [4.69, 9.17) is 10.9 Å². The summed E-state index contributed by atoms with van der Waals surface area (Å²) in [6.45, 7) is 2.48. The first-order chi connectivity index (χ1) is 9.17. The summed E-state index contributed by atoms with van der Waals surface area (Å²) in [5.41, 5.74) is 6.12. The van der Waals surface area contributed by atoms with Crippen LogP contribution in [0.2, 0.25) is 0 Å². The third kappa shape index (κ3) is 2.68. The van der Waals surface area contributed by atoms with Gasteiger partial charge in [0, 0.05) is 22.0 Å². The van der Waals surface area contributed by atoms with Crippen molar-refractivity contribution in [3.63, 3.8) is 0 Å². The molecule has 0 saturated heterocycles. The molecular weight excluding hydrogens is 262 g/mol. The molecule has 0 aliphatic rings. The third-order valence-electron chi connectivity index (χ3n) is 2.86. The van der Waals surface area contributed by atoms with E-state index < -0.39 is 0 Å². The van der Waals surface area contributed by atoms with E-state index in [0.717, 1.165) is 10.1 Å². The number of hydrogen-bond acceptors (Lipinski definition) is 4. The number of nitrogens with zero attached hydrogens (tertiary/aromatic N) is 2. The Bertz CT molecular complexity index is 621. The molecular formula is C13H15N3O2S. The lowest BCUT2D eigenvalue weighted by Gasteiger charge is -2.19. The Morgan fingerprint density at radius 2 is 2.21 bits per heavy atom. The normalized spacial score (nSPS) is 11.7. The summed E-state index contributed by atoms with van der Waals surface area (Å²) < 4.78 is 1.07. The number of nitrogens with two attached hydrogens (primary N) is 1. The fraction of sp³-hybridized carbons (Fsp3) is 0.231. The molecule has 19 heavy (non-hydrogen) atoms. The summed E-state index contributed by atoms with van der Waals surface area (Å²) in [4.78, 5) is 14.0. The van der Waals surface area contributed by atoms with Crippen molar-refractivity contribution in [1.82, 2.24) is 4.90 Å². The molecule has 0 radical (unpaired) electrons.